The minimum atomic E-state index is -3.59. The van der Waals surface area contributed by atoms with Crippen LogP contribution in [0.1, 0.15) is 15.5 Å². The number of hydrogen-bond acceptors (Lipinski definition) is 5. The van der Waals surface area contributed by atoms with Crippen molar-refractivity contribution in [3.63, 3.8) is 0 Å². The number of aromatic nitrogens is 1. The van der Waals surface area contributed by atoms with Crippen LogP contribution < -0.4 is 5.14 Å². The zero-order valence-electron chi connectivity index (χ0n) is 6.94. The monoisotopic (exact) mass is 254 g/mol. The van der Waals surface area contributed by atoms with E-state index in [4.69, 9.17) is 16.7 Å². The number of sulfonamides is 1. The van der Waals surface area contributed by atoms with Crippen molar-refractivity contribution in [3.8, 4) is 0 Å². The fraction of sp³-hybridized carbons (Fsp3) is 0.333. The molecule has 0 spiro atoms. The second kappa shape index (κ2) is 4.35. The van der Waals surface area contributed by atoms with Gasteiger partial charge in [-0.05, 0) is 0 Å². The molecule has 1 rings (SSSR count). The van der Waals surface area contributed by atoms with Gasteiger partial charge in [0.05, 0.1) is 5.88 Å². The highest BCUT2D eigenvalue weighted by molar-refractivity contribution is 7.88. The maximum Gasteiger partial charge on any atom is 0.215 e. The van der Waals surface area contributed by atoms with Gasteiger partial charge in [-0.3, -0.25) is 4.79 Å². The molecular weight excluding hydrogens is 248 g/mol. The van der Waals surface area contributed by atoms with E-state index in [2.05, 4.69) is 4.98 Å². The average Bonchev–Trinajstić information content (AvgIpc) is 2.48. The maximum atomic E-state index is 11.0. The van der Waals surface area contributed by atoms with Crippen LogP contribution in [0.3, 0.4) is 0 Å². The molecule has 0 amide bonds. The van der Waals surface area contributed by atoms with E-state index in [1.54, 1.807) is 0 Å². The first-order chi connectivity index (χ1) is 6.42. The van der Waals surface area contributed by atoms with Crippen molar-refractivity contribution in [2.45, 2.75) is 5.75 Å². The minimum absolute atomic E-state index is 0.168. The fourth-order valence-electron chi connectivity index (χ4n) is 0.746. The van der Waals surface area contributed by atoms with E-state index >= 15 is 0 Å². The van der Waals surface area contributed by atoms with Crippen LogP contribution >= 0.6 is 22.9 Å². The van der Waals surface area contributed by atoms with Gasteiger partial charge in [-0.2, -0.15) is 0 Å². The molecule has 1 aromatic rings. The molecular formula is C6H7ClN2O3S2. The molecule has 0 bridgehead atoms. The molecule has 0 atom stereocenters. The lowest BCUT2D eigenvalue weighted by Gasteiger charge is -1.91. The summed E-state index contributed by atoms with van der Waals surface area (Å²) in [6, 6.07) is 0. The molecule has 0 saturated carbocycles. The standard InChI is InChI=1S/C6H7ClN2O3S2/c7-1-5(10)4-2-13-6(9-4)3-14(8,11)12/h2H,1,3H2,(H2,8,11,12). The lowest BCUT2D eigenvalue weighted by molar-refractivity contribution is 0.101. The van der Waals surface area contributed by atoms with Crippen molar-refractivity contribution in [2.24, 2.45) is 5.14 Å². The summed E-state index contributed by atoms with van der Waals surface area (Å²) in [6.45, 7) is 0. The number of rotatable bonds is 4. The largest absolute Gasteiger partial charge is 0.291 e. The van der Waals surface area contributed by atoms with Crippen molar-refractivity contribution < 1.29 is 13.2 Å². The molecule has 0 aliphatic carbocycles. The smallest absolute Gasteiger partial charge is 0.215 e. The molecule has 1 aromatic heterocycles. The zero-order chi connectivity index (χ0) is 10.8. The first kappa shape index (κ1) is 11.6. The average molecular weight is 255 g/mol. The quantitative estimate of drug-likeness (QED) is 0.620. The topological polar surface area (TPSA) is 90.1 Å². The molecule has 0 aliphatic rings. The third-order valence-electron chi connectivity index (χ3n) is 1.28. The number of nitrogens with zero attached hydrogens (tertiary/aromatic N) is 1. The van der Waals surface area contributed by atoms with E-state index in [1.807, 2.05) is 0 Å². The van der Waals surface area contributed by atoms with Gasteiger partial charge in [0.2, 0.25) is 10.0 Å². The zero-order valence-corrected chi connectivity index (χ0v) is 9.32. The maximum absolute atomic E-state index is 11.0. The van der Waals surface area contributed by atoms with Crippen molar-refractivity contribution in [3.05, 3.63) is 16.1 Å². The van der Waals surface area contributed by atoms with Gasteiger partial charge in [0.1, 0.15) is 16.5 Å². The Morgan fingerprint density at radius 1 is 1.64 bits per heavy atom. The molecule has 14 heavy (non-hydrogen) atoms. The van der Waals surface area contributed by atoms with Crippen LogP contribution in [0.15, 0.2) is 5.38 Å². The van der Waals surface area contributed by atoms with Crippen molar-refractivity contribution in [2.75, 3.05) is 5.88 Å². The lowest BCUT2D eigenvalue weighted by atomic mass is 10.3. The fourth-order valence-corrected chi connectivity index (χ4v) is 2.64. The minimum Gasteiger partial charge on any atom is -0.291 e. The molecule has 0 saturated heterocycles. The summed E-state index contributed by atoms with van der Waals surface area (Å²) < 4.78 is 21.4. The van der Waals surface area contributed by atoms with Crippen LogP contribution in [-0.4, -0.2) is 25.1 Å². The molecule has 2 N–H and O–H groups in total. The number of thiazole rings is 1. The summed E-state index contributed by atoms with van der Waals surface area (Å²) in [4.78, 5) is 14.8. The molecule has 0 aliphatic heterocycles. The van der Waals surface area contributed by atoms with Crippen molar-refractivity contribution in [1.29, 1.82) is 0 Å². The number of carbonyl (C=O) groups is 1. The molecule has 0 fully saturated rings. The summed E-state index contributed by atoms with van der Waals surface area (Å²) in [5, 5.41) is 6.57. The molecule has 0 radical (unpaired) electrons. The number of halogens is 1. The van der Waals surface area contributed by atoms with E-state index in [-0.39, 0.29) is 23.1 Å². The van der Waals surface area contributed by atoms with Crippen molar-refractivity contribution in [1.82, 2.24) is 4.98 Å². The van der Waals surface area contributed by atoms with E-state index in [9.17, 15) is 13.2 Å². The highest BCUT2D eigenvalue weighted by Gasteiger charge is 2.12. The highest BCUT2D eigenvalue weighted by Crippen LogP contribution is 2.12. The Labute approximate surface area is 90.0 Å². The SMILES string of the molecule is NS(=O)(=O)Cc1nc(C(=O)CCl)cs1. The van der Waals surface area contributed by atoms with Gasteiger partial charge in [0.25, 0.3) is 0 Å². The van der Waals surface area contributed by atoms with Crippen LogP contribution in [0.25, 0.3) is 0 Å². The Balaban J connectivity index is 2.84. The Kier molecular flexibility index (Phi) is 3.59. The molecule has 0 aromatic carbocycles. The molecule has 5 nitrogen and oxygen atoms in total. The van der Waals surface area contributed by atoms with Gasteiger partial charge in [0, 0.05) is 5.38 Å². The third-order valence-corrected chi connectivity index (χ3v) is 3.23. The summed E-state index contributed by atoms with van der Waals surface area (Å²) in [7, 11) is -3.59. The lowest BCUT2D eigenvalue weighted by Crippen LogP contribution is -2.14. The number of ketones is 1. The summed E-state index contributed by atoms with van der Waals surface area (Å²) >= 11 is 6.37. The van der Waals surface area contributed by atoms with Crippen molar-refractivity contribution >= 4 is 38.7 Å². The predicted molar refractivity (Wildman–Crippen MR) is 54.0 cm³/mol. The normalized spacial score (nSPS) is 11.6. The van der Waals surface area contributed by atoms with Crippen LogP contribution in [0, 0.1) is 0 Å². The van der Waals surface area contributed by atoms with E-state index in [0.717, 1.165) is 11.3 Å². The number of primary sulfonamides is 1. The molecule has 8 heteroatoms. The van der Waals surface area contributed by atoms with Gasteiger partial charge < -0.3 is 0 Å². The second-order valence-corrected chi connectivity index (χ2v) is 5.31. The Morgan fingerprint density at radius 2 is 2.29 bits per heavy atom. The molecule has 1 heterocycles. The summed E-state index contributed by atoms with van der Waals surface area (Å²) in [6.07, 6.45) is 0. The third kappa shape index (κ3) is 3.33. The van der Waals surface area contributed by atoms with Gasteiger partial charge in [0.15, 0.2) is 5.78 Å². The Hall–Kier alpha value is -0.500. The number of alkyl halides is 1. The Morgan fingerprint density at radius 3 is 2.79 bits per heavy atom. The van der Waals surface area contributed by atoms with E-state index < -0.39 is 10.0 Å². The van der Waals surface area contributed by atoms with Gasteiger partial charge in [-0.1, -0.05) is 0 Å². The Bertz CT molecular complexity index is 440. The highest BCUT2D eigenvalue weighted by atomic mass is 35.5. The van der Waals surface area contributed by atoms with Crippen LogP contribution in [0.2, 0.25) is 0 Å². The first-order valence-electron chi connectivity index (χ1n) is 3.46. The molecule has 0 unspecified atom stereocenters. The summed E-state index contributed by atoms with van der Waals surface area (Å²) in [5.41, 5.74) is 0.184. The number of nitrogens with two attached hydrogens (primary N) is 1. The first-order valence-corrected chi connectivity index (χ1v) is 6.59. The number of hydrogen-bond donors (Lipinski definition) is 1. The van der Waals surface area contributed by atoms with Crippen LogP contribution in [0.4, 0.5) is 0 Å². The van der Waals surface area contributed by atoms with Crippen LogP contribution in [0.5, 0.6) is 0 Å². The van der Waals surface area contributed by atoms with E-state index in [1.165, 1.54) is 5.38 Å². The number of Topliss-reactive ketones (excluding diaryl/α,β-unsaturated/α-hetero) is 1. The van der Waals surface area contributed by atoms with Crippen LogP contribution in [-0.2, 0) is 15.8 Å². The number of carbonyl (C=O) groups excluding carboxylic acids is 1. The second-order valence-electron chi connectivity index (χ2n) is 2.49. The predicted octanol–water partition coefficient (Wildman–Crippen LogP) is 0.353. The summed E-state index contributed by atoms with van der Waals surface area (Å²) in [5.74, 6) is -0.852. The van der Waals surface area contributed by atoms with Gasteiger partial charge in [-0.15, -0.1) is 22.9 Å². The molecule has 78 valence electrons. The van der Waals surface area contributed by atoms with Gasteiger partial charge in [-0.25, -0.2) is 18.5 Å². The van der Waals surface area contributed by atoms with Gasteiger partial charge >= 0.3 is 0 Å². The van der Waals surface area contributed by atoms with E-state index in [0.29, 0.717) is 5.01 Å².